The van der Waals surface area contributed by atoms with Crippen LogP contribution in [0.4, 0.5) is 0 Å². The van der Waals surface area contributed by atoms with E-state index in [4.69, 9.17) is 0 Å². The number of nitrogens with one attached hydrogen (secondary N) is 1. The summed E-state index contributed by atoms with van der Waals surface area (Å²) in [6.07, 6.45) is 1.27. The van der Waals surface area contributed by atoms with Crippen molar-refractivity contribution in [1.82, 2.24) is 10.2 Å². The van der Waals surface area contributed by atoms with Crippen LogP contribution in [0.2, 0.25) is 0 Å². The molecule has 1 aliphatic rings. The summed E-state index contributed by atoms with van der Waals surface area (Å²) in [4.78, 5) is 2.58. The Labute approximate surface area is 124 Å². The summed E-state index contributed by atoms with van der Waals surface area (Å²) >= 11 is 0. The molecule has 1 saturated heterocycles. The summed E-state index contributed by atoms with van der Waals surface area (Å²) in [5.41, 5.74) is 6.10. The molecule has 112 valence electrons. The van der Waals surface area contributed by atoms with E-state index in [1.165, 1.54) is 41.8 Å². The molecule has 1 aromatic carbocycles. The first-order chi connectivity index (χ1) is 9.31. The number of likely N-dealkylation sites (tertiary alicyclic amines) is 1. The van der Waals surface area contributed by atoms with Crippen LogP contribution >= 0.6 is 0 Å². The lowest BCUT2D eigenvalue weighted by Crippen LogP contribution is -2.29. The summed E-state index contributed by atoms with van der Waals surface area (Å²) in [6.45, 7) is 14.9. The van der Waals surface area contributed by atoms with Crippen molar-refractivity contribution in [3.05, 3.63) is 34.4 Å². The first kappa shape index (κ1) is 15.5. The highest BCUT2D eigenvalue weighted by Crippen LogP contribution is 2.28. The molecule has 0 spiro atoms. The largest absolute Gasteiger partial charge is 0.316 e. The number of nitrogens with zero attached hydrogens (tertiary/aromatic N) is 1. The molecule has 2 rings (SSSR count). The topological polar surface area (TPSA) is 15.3 Å². The first-order valence-corrected chi connectivity index (χ1v) is 7.81. The molecule has 2 heteroatoms. The predicted molar refractivity (Wildman–Crippen MR) is 87.4 cm³/mol. The highest BCUT2D eigenvalue weighted by atomic mass is 15.2. The number of hydrogen-bond acceptors (Lipinski definition) is 2. The molecular weight excluding hydrogens is 244 g/mol. The average molecular weight is 274 g/mol. The number of aryl methyl sites for hydroxylation is 2. The number of likely N-dealkylation sites (N-methyl/N-ethyl adjacent to an activating group) is 1. The minimum atomic E-state index is 0.235. The van der Waals surface area contributed by atoms with Crippen molar-refractivity contribution >= 4 is 0 Å². The lowest BCUT2D eigenvalue weighted by molar-refractivity contribution is 0.321. The van der Waals surface area contributed by atoms with Crippen molar-refractivity contribution in [2.24, 2.45) is 0 Å². The summed E-state index contributed by atoms with van der Waals surface area (Å²) < 4.78 is 0. The third-order valence-electron chi connectivity index (χ3n) is 4.62. The van der Waals surface area contributed by atoms with Gasteiger partial charge in [0.25, 0.3) is 0 Å². The standard InChI is InChI=1S/C18H30N2/c1-13-9-15(18(3,4)5)10-14(2)17(13)12-20-8-7-16(11-20)19-6/h9-10,16,19H,7-8,11-12H2,1-6H3. The zero-order valence-corrected chi connectivity index (χ0v) is 14.0. The number of rotatable bonds is 3. The molecule has 2 nitrogen and oxygen atoms in total. The molecule has 0 aromatic heterocycles. The van der Waals surface area contributed by atoms with Crippen molar-refractivity contribution in [2.45, 2.75) is 59.0 Å². The minimum absolute atomic E-state index is 0.235. The first-order valence-electron chi connectivity index (χ1n) is 7.81. The van der Waals surface area contributed by atoms with Gasteiger partial charge in [-0.3, -0.25) is 4.90 Å². The summed E-state index contributed by atoms with van der Waals surface area (Å²) in [6, 6.07) is 5.44. The van der Waals surface area contributed by atoms with Crippen LogP contribution in [0.15, 0.2) is 12.1 Å². The number of hydrogen-bond donors (Lipinski definition) is 1. The molecule has 1 atom stereocenters. The van der Waals surface area contributed by atoms with Crippen LogP contribution < -0.4 is 5.32 Å². The highest BCUT2D eigenvalue weighted by molar-refractivity contribution is 5.40. The molecule has 1 N–H and O–H groups in total. The second kappa shape index (κ2) is 5.87. The third-order valence-corrected chi connectivity index (χ3v) is 4.62. The van der Waals surface area contributed by atoms with Crippen molar-refractivity contribution in [3.63, 3.8) is 0 Å². The zero-order valence-electron chi connectivity index (χ0n) is 14.0. The molecule has 1 fully saturated rings. The Morgan fingerprint density at radius 1 is 1.20 bits per heavy atom. The summed E-state index contributed by atoms with van der Waals surface area (Å²) in [5.74, 6) is 0. The number of benzene rings is 1. The van der Waals surface area contributed by atoms with Gasteiger partial charge in [-0.1, -0.05) is 32.9 Å². The van der Waals surface area contributed by atoms with Gasteiger partial charge in [0, 0.05) is 25.7 Å². The van der Waals surface area contributed by atoms with Gasteiger partial charge in [-0.15, -0.1) is 0 Å². The van der Waals surface area contributed by atoms with Crippen LogP contribution in [0.3, 0.4) is 0 Å². The fraction of sp³-hybridized carbons (Fsp3) is 0.667. The van der Waals surface area contributed by atoms with Gasteiger partial charge >= 0.3 is 0 Å². The van der Waals surface area contributed by atoms with E-state index in [2.05, 4.69) is 64.0 Å². The van der Waals surface area contributed by atoms with Crippen LogP contribution in [0.5, 0.6) is 0 Å². The van der Waals surface area contributed by atoms with Gasteiger partial charge in [-0.05, 0) is 55.0 Å². The lowest BCUT2D eigenvalue weighted by Gasteiger charge is -2.24. The van der Waals surface area contributed by atoms with Crippen LogP contribution in [-0.4, -0.2) is 31.1 Å². The molecule has 0 bridgehead atoms. The van der Waals surface area contributed by atoms with E-state index >= 15 is 0 Å². The molecule has 1 aliphatic heterocycles. The molecule has 1 unspecified atom stereocenters. The lowest BCUT2D eigenvalue weighted by atomic mass is 9.84. The normalized spacial score (nSPS) is 20.6. The van der Waals surface area contributed by atoms with E-state index in [0.717, 1.165) is 6.54 Å². The second-order valence-electron chi connectivity index (χ2n) is 7.35. The Kier molecular flexibility index (Phi) is 4.55. The molecule has 0 amide bonds. The Morgan fingerprint density at radius 3 is 2.25 bits per heavy atom. The van der Waals surface area contributed by atoms with E-state index in [-0.39, 0.29) is 5.41 Å². The Hall–Kier alpha value is -0.860. The SMILES string of the molecule is CNC1CCN(Cc2c(C)cc(C(C)(C)C)cc2C)C1. The van der Waals surface area contributed by atoms with E-state index in [1.807, 2.05) is 0 Å². The minimum Gasteiger partial charge on any atom is -0.316 e. The van der Waals surface area contributed by atoms with Crippen LogP contribution in [0, 0.1) is 13.8 Å². The summed E-state index contributed by atoms with van der Waals surface area (Å²) in [5, 5.41) is 3.40. The Bertz CT molecular complexity index is 448. The predicted octanol–water partition coefficient (Wildman–Crippen LogP) is 3.39. The van der Waals surface area contributed by atoms with Gasteiger partial charge < -0.3 is 5.32 Å². The zero-order chi connectivity index (χ0) is 14.9. The monoisotopic (exact) mass is 274 g/mol. The van der Waals surface area contributed by atoms with Crippen molar-refractivity contribution in [3.8, 4) is 0 Å². The smallest absolute Gasteiger partial charge is 0.0239 e. The quantitative estimate of drug-likeness (QED) is 0.909. The van der Waals surface area contributed by atoms with Crippen molar-refractivity contribution in [1.29, 1.82) is 0 Å². The summed E-state index contributed by atoms with van der Waals surface area (Å²) in [7, 11) is 2.07. The average Bonchev–Trinajstić information content (AvgIpc) is 2.80. The Morgan fingerprint density at radius 2 is 1.80 bits per heavy atom. The molecule has 1 heterocycles. The molecule has 0 aliphatic carbocycles. The maximum absolute atomic E-state index is 3.40. The van der Waals surface area contributed by atoms with Gasteiger partial charge in [-0.2, -0.15) is 0 Å². The van der Waals surface area contributed by atoms with Crippen LogP contribution in [0.1, 0.15) is 49.4 Å². The van der Waals surface area contributed by atoms with Gasteiger partial charge in [0.2, 0.25) is 0 Å². The van der Waals surface area contributed by atoms with E-state index in [9.17, 15) is 0 Å². The Balaban J connectivity index is 2.17. The van der Waals surface area contributed by atoms with E-state index in [1.54, 1.807) is 0 Å². The fourth-order valence-electron chi connectivity index (χ4n) is 3.11. The van der Waals surface area contributed by atoms with Gasteiger partial charge in [0.05, 0.1) is 0 Å². The maximum Gasteiger partial charge on any atom is 0.0239 e. The molecule has 1 aromatic rings. The van der Waals surface area contributed by atoms with Crippen LogP contribution in [0.25, 0.3) is 0 Å². The highest BCUT2D eigenvalue weighted by Gasteiger charge is 2.22. The van der Waals surface area contributed by atoms with E-state index < -0.39 is 0 Å². The molecular formula is C18H30N2. The molecule has 0 radical (unpaired) electrons. The van der Waals surface area contributed by atoms with Crippen LogP contribution in [-0.2, 0) is 12.0 Å². The second-order valence-corrected chi connectivity index (χ2v) is 7.35. The van der Waals surface area contributed by atoms with E-state index in [0.29, 0.717) is 6.04 Å². The van der Waals surface area contributed by atoms with Crippen molar-refractivity contribution < 1.29 is 0 Å². The van der Waals surface area contributed by atoms with Crippen molar-refractivity contribution in [2.75, 3.05) is 20.1 Å². The van der Waals surface area contributed by atoms with Gasteiger partial charge in [0.15, 0.2) is 0 Å². The maximum atomic E-state index is 3.40. The fourth-order valence-corrected chi connectivity index (χ4v) is 3.11. The third kappa shape index (κ3) is 3.42. The van der Waals surface area contributed by atoms with Gasteiger partial charge in [-0.25, -0.2) is 0 Å². The van der Waals surface area contributed by atoms with Gasteiger partial charge in [0.1, 0.15) is 0 Å². The molecule has 20 heavy (non-hydrogen) atoms. The molecule has 0 saturated carbocycles.